The maximum Gasteiger partial charge on any atom is 0.292 e. The van der Waals surface area contributed by atoms with Crippen LogP contribution in [0.15, 0.2) is 18.2 Å². The molecule has 0 spiro atoms. The highest BCUT2D eigenvalue weighted by molar-refractivity contribution is 5.96. The van der Waals surface area contributed by atoms with Gasteiger partial charge >= 0.3 is 0 Å². The Morgan fingerprint density at radius 1 is 1.43 bits per heavy atom. The van der Waals surface area contributed by atoms with E-state index in [0.717, 1.165) is 0 Å². The zero-order valence-electron chi connectivity index (χ0n) is 12.7. The summed E-state index contributed by atoms with van der Waals surface area (Å²) in [6.07, 6.45) is 0. The fourth-order valence-electron chi connectivity index (χ4n) is 1.64. The number of benzene rings is 1. The molecule has 1 rings (SSSR count). The number of nitro groups is 1. The molecule has 7 nitrogen and oxygen atoms in total. The highest BCUT2D eigenvalue weighted by Crippen LogP contribution is 2.25. The van der Waals surface area contributed by atoms with Gasteiger partial charge in [0.1, 0.15) is 5.69 Å². The molecule has 0 bridgehead atoms. The summed E-state index contributed by atoms with van der Waals surface area (Å²) in [5.41, 5.74) is 0.177. The van der Waals surface area contributed by atoms with Crippen molar-refractivity contribution in [1.29, 1.82) is 0 Å². The Labute approximate surface area is 123 Å². The van der Waals surface area contributed by atoms with E-state index < -0.39 is 10.5 Å². The highest BCUT2D eigenvalue weighted by Gasteiger charge is 2.20. The predicted molar refractivity (Wildman–Crippen MR) is 80.7 cm³/mol. The number of ether oxygens (including phenoxy) is 1. The summed E-state index contributed by atoms with van der Waals surface area (Å²) in [4.78, 5) is 22.5. The quantitative estimate of drug-likeness (QED) is 0.594. The molecule has 2 N–H and O–H groups in total. The summed E-state index contributed by atoms with van der Waals surface area (Å²) in [7, 11) is 1.57. The molecular weight excluding hydrogens is 274 g/mol. The molecule has 0 saturated heterocycles. The zero-order valence-corrected chi connectivity index (χ0v) is 12.7. The first-order chi connectivity index (χ1) is 9.80. The first kappa shape index (κ1) is 16.9. The van der Waals surface area contributed by atoms with E-state index in [-0.39, 0.29) is 11.6 Å². The second kappa shape index (κ2) is 7.03. The SMILES string of the molecule is CCNc1cc(C(=O)NCC(C)(C)OC)ccc1[N+](=O)[O-]. The zero-order chi connectivity index (χ0) is 16.0. The van der Waals surface area contributed by atoms with Gasteiger partial charge < -0.3 is 15.4 Å². The van der Waals surface area contributed by atoms with Gasteiger partial charge in [0.15, 0.2) is 0 Å². The lowest BCUT2D eigenvalue weighted by atomic mass is 10.1. The van der Waals surface area contributed by atoms with Crippen molar-refractivity contribution in [2.75, 3.05) is 25.5 Å². The van der Waals surface area contributed by atoms with Crippen molar-refractivity contribution in [3.63, 3.8) is 0 Å². The van der Waals surface area contributed by atoms with Crippen LogP contribution in [0.25, 0.3) is 0 Å². The van der Waals surface area contributed by atoms with E-state index in [4.69, 9.17) is 4.74 Å². The van der Waals surface area contributed by atoms with Crippen LogP contribution >= 0.6 is 0 Å². The van der Waals surface area contributed by atoms with Crippen LogP contribution in [0.3, 0.4) is 0 Å². The Bertz CT molecular complexity index is 529. The van der Waals surface area contributed by atoms with Crippen LogP contribution in [0, 0.1) is 10.1 Å². The maximum absolute atomic E-state index is 12.1. The number of anilines is 1. The number of nitrogens with one attached hydrogen (secondary N) is 2. The Hall–Kier alpha value is -2.15. The van der Waals surface area contributed by atoms with Crippen LogP contribution in [0.5, 0.6) is 0 Å². The van der Waals surface area contributed by atoms with Gasteiger partial charge in [-0.25, -0.2) is 0 Å². The van der Waals surface area contributed by atoms with Gasteiger partial charge in [0.2, 0.25) is 0 Å². The lowest BCUT2D eigenvalue weighted by Crippen LogP contribution is -2.39. The number of carbonyl (C=O) groups excluding carboxylic acids is 1. The molecule has 1 aromatic rings. The highest BCUT2D eigenvalue weighted by atomic mass is 16.6. The number of nitro benzene ring substituents is 1. The van der Waals surface area contributed by atoms with Crippen molar-refractivity contribution >= 4 is 17.3 Å². The van der Waals surface area contributed by atoms with Crippen molar-refractivity contribution in [2.45, 2.75) is 26.4 Å². The lowest BCUT2D eigenvalue weighted by Gasteiger charge is -2.23. The maximum atomic E-state index is 12.1. The van der Waals surface area contributed by atoms with E-state index in [2.05, 4.69) is 10.6 Å². The number of rotatable bonds is 7. The van der Waals surface area contributed by atoms with E-state index in [1.807, 2.05) is 20.8 Å². The summed E-state index contributed by atoms with van der Waals surface area (Å²) >= 11 is 0. The molecule has 0 saturated carbocycles. The first-order valence-corrected chi connectivity index (χ1v) is 6.66. The van der Waals surface area contributed by atoms with Gasteiger partial charge in [-0.05, 0) is 32.9 Å². The predicted octanol–water partition coefficient (Wildman–Crippen LogP) is 2.18. The molecule has 116 valence electrons. The van der Waals surface area contributed by atoms with Crippen LogP contribution in [-0.2, 0) is 4.74 Å². The van der Waals surface area contributed by atoms with Gasteiger partial charge in [-0.3, -0.25) is 14.9 Å². The van der Waals surface area contributed by atoms with Crippen LogP contribution in [0.4, 0.5) is 11.4 Å². The Morgan fingerprint density at radius 3 is 2.62 bits per heavy atom. The van der Waals surface area contributed by atoms with Crippen molar-refractivity contribution < 1.29 is 14.5 Å². The Morgan fingerprint density at radius 2 is 2.10 bits per heavy atom. The van der Waals surface area contributed by atoms with Crippen LogP contribution in [-0.4, -0.2) is 36.6 Å². The van der Waals surface area contributed by atoms with Gasteiger partial charge in [-0.1, -0.05) is 0 Å². The number of hydrogen-bond donors (Lipinski definition) is 2. The van der Waals surface area contributed by atoms with Gasteiger partial charge in [0.05, 0.1) is 10.5 Å². The molecule has 0 aliphatic carbocycles. The number of carbonyl (C=O) groups is 1. The fraction of sp³-hybridized carbons (Fsp3) is 0.500. The average Bonchev–Trinajstić information content (AvgIpc) is 2.45. The van der Waals surface area contributed by atoms with E-state index in [0.29, 0.717) is 24.3 Å². The van der Waals surface area contributed by atoms with E-state index >= 15 is 0 Å². The normalized spacial score (nSPS) is 11.0. The third-order valence-corrected chi connectivity index (χ3v) is 3.05. The van der Waals surface area contributed by atoms with Crippen molar-refractivity contribution in [3.8, 4) is 0 Å². The minimum atomic E-state index is -0.478. The summed E-state index contributed by atoms with van der Waals surface area (Å²) in [6.45, 7) is 6.41. The largest absolute Gasteiger partial charge is 0.380 e. The monoisotopic (exact) mass is 295 g/mol. The average molecular weight is 295 g/mol. The molecule has 0 fully saturated rings. The fourth-order valence-corrected chi connectivity index (χ4v) is 1.64. The second-order valence-corrected chi connectivity index (χ2v) is 5.17. The Kier molecular flexibility index (Phi) is 5.66. The number of amides is 1. The molecule has 0 atom stereocenters. The minimum absolute atomic E-state index is 0.0504. The molecule has 0 heterocycles. The van der Waals surface area contributed by atoms with E-state index in [9.17, 15) is 14.9 Å². The second-order valence-electron chi connectivity index (χ2n) is 5.17. The summed E-state index contributed by atoms with van der Waals surface area (Å²) in [5.74, 6) is -0.297. The number of methoxy groups -OCH3 is 1. The molecule has 0 aliphatic rings. The topological polar surface area (TPSA) is 93.5 Å². The molecular formula is C14H21N3O4. The third kappa shape index (κ3) is 4.71. The smallest absolute Gasteiger partial charge is 0.292 e. The first-order valence-electron chi connectivity index (χ1n) is 6.66. The van der Waals surface area contributed by atoms with Crippen molar-refractivity contribution in [3.05, 3.63) is 33.9 Å². The molecule has 0 aliphatic heterocycles. The van der Waals surface area contributed by atoms with Crippen LogP contribution in [0.1, 0.15) is 31.1 Å². The minimum Gasteiger partial charge on any atom is -0.380 e. The summed E-state index contributed by atoms with van der Waals surface area (Å²) < 4.78 is 5.22. The van der Waals surface area contributed by atoms with Crippen LogP contribution in [0.2, 0.25) is 0 Å². The summed E-state index contributed by atoms with van der Waals surface area (Å²) in [5, 5.41) is 16.6. The van der Waals surface area contributed by atoms with Crippen LogP contribution < -0.4 is 10.6 Å². The van der Waals surface area contributed by atoms with Gasteiger partial charge in [0.25, 0.3) is 11.6 Å². The number of hydrogen-bond acceptors (Lipinski definition) is 5. The van der Waals surface area contributed by atoms with Gasteiger partial charge in [-0.2, -0.15) is 0 Å². The molecule has 7 heteroatoms. The molecule has 21 heavy (non-hydrogen) atoms. The molecule has 1 aromatic carbocycles. The molecule has 0 unspecified atom stereocenters. The van der Waals surface area contributed by atoms with Gasteiger partial charge in [0, 0.05) is 31.8 Å². The van der Waals surface area contributed by atoms with Gasteiger partial charge in [-0.15, -0.1) is 0 Å². The molecule has 1 amide bonds. The number of nitrogens with zero attached hydrogens (tertiary/aromatic N) is 1. The molecule has 0 aromatic heterocycles. The molecule has 0 radical (unpaired) electrons. The van der Waals surface area contributed by atoms with Crippen molar-refractivity contribution in [1.82, 2.24) is 5.32 Å². The van der Waals surface area contributed by atoms with E-state index in [1.165, 1.54) is 18.2 Å². The summed E-state index contributed by atoms with van der Waals surface area (Å²) in [6, 6.07) is 4.25. The van der Waals surface area contributed by atoms with E-state index in [1.54, 1.807) is 7.11 Å². The lowest BCUT2D eigenvalue weighted by molar-refractivity contribution is -0.384. The van der Waals surface area contributed by atoms with Crippen molar-refractivity contribution in [2.24, 2.45) is 0 Å². The standard InChI is InChI=1S/C14H21N3O4/c1-5-15-11-8-10(6-7-12(11)17(19)20)13(18)16-9-14(2,3)21-4/h6-8,15H,5,9H2,1-4H3,(H,16,18). The Balaban J connectivity index is 2.90. The third-order valence-electron chi connectivity index (χ3n) is 3.05.